The number of halogens is 2. The molecule has 1 unspecified atom stereocenters. The molecule has 0 radical (unpaired) electrons. The summed E-state index contributed by atoms with van der Waals surface area (Å²) in [6.07, 6.45) is 3.04. The summed E-state index contributed by atoms with van der Waals surface area (Å²) in [5.74, 6) is -1.10. The van der Waals surface area contributed by atoms with Gasteiger partial charge in [0.05, 0.1) is 11.4 Å². The molecule has 4 rings (SSSR count). The average Bonchev–Trinajstić information content (AvgIpc) is 3.33. The average molecular weight is 574 g/mol. The second kappa shape index (κ2) is 11.5. The third kappa shape index (κ3) is 6.29. The Bertz CT molecular complexity index is 1460. The molecule has 10 nitrogen and oxygen atoms in total. The number of aliphatic imine (C=N–C) groups is 1. The number of carbonyl (C=O) groups excluding carboxylic acids is 1. The molecule has 198 valence electrons. The number of pyridine rings is 2. The first-order valence-electron chi connectivity index (χ1n) is 11.6. The quantitative estimate of drug-likeness (QED) is 0.237. The van der Waals surface area contributed by atoms with Crippen LogP contribution in [-0.4, -0.2) is 41.9 Å². The molecule has 3 heterocycles. The van der Waals surface area contributed by atoms with Gasteiger partial charge in [-0.2, -0.15) is 5.10 Å². The number of carbonyl (C=O) groups is 1. The number of nitrogens with zero attached hydrogens (tertiary/aromatic N) is 5. The predicted octanol–water partition coefficient (Wildman–Crippen LogP) is 3.98. The van der Waals surface area contributed by atoms with Gasteiger partial charge in [-0.15, -0.1) is 0 Å². The van der Waals surface area contributed by atoms with E-state index in [1.165, 1.54) is 12.1 Å². The summed E-state index contributed by atoms with van der Waals surface area (Å²) in [6.45, 7) is 3.53. The third-order valence-electron chi connectivity index (χ3n) is 5.74. The van der Waals surface area contributed by atoms with E-state index in [9.17, 15) is 13.2 Å². The molecule has 3 N–H and O–H groups in total. The number of anilines is 1. The van der Waals surface area contributed by atoms with Crippen molar-refractivity contribution in [2.45, 2.75) is 37.2 Å². The molecule has 13 heteroatoms. The van der Waals surface area contributed by atoms with E-state index in [0.717, 1.165) is 6.20 Å². The van der Waals surface area contributed by atoms with E-state index in [-0.39, 0.29) is 34.3 Å². The maximum atomic E-state index is 13.3. The zero-order valence-electron chi connectivity index (χ0n) is 20.5. The van der Waals surface area contributed by atoms with Crippen molar-refractivity contribution in [2.75, 3.05) is 5.01 Å². The fourth-order valence-electron chi connectivity index (χ4n) is 3.84. The Hall–Kier alpha value is -3.54. The number of primary amides is 1. The monoisotopic (exact) mass is 573 g/mol. The van der Waals surface area contributed by atoms with Crippen LogP contribution in [0.2, 0.25) is 10.2 Å². The number of sulfonamides is 1. The second-order valence-corrected chi connectivity index (χ2v) is 11.3. The molecule has 0 aliphatic carbocycles. The number of nitrogens with one attached hydrogen (secondary N) is 1. The number of rotatable bonds is 8. The lowest BCUT2D eigenvalue weighted by molar-refractivity contribution is -0.120. The minimum absolute atomic E-state index is 0.102. The highest BCUT2D eigenvalue weighted by atomic mass is 35.5. The van der Waals surface area contributed by atoms with Gasteiger partial charge in [-0.05, 0) is 54.4 Å². The number of hydrogen-bond donors (Lipinski definition) is 2. The van der Waals surface area contributed by atoms with Gasteiger partial charge in [0.1, 0.15) is 27.8 Å². The molecule has 0 saturated carbocycles. The van der Waals surface area contributed by atoms with Crippen molar-refractivity contribution in [3.05, 3.63) is 82.9 Å². The number of benzene rings is 1. The number of hydrazone groups is 1. The van der Waals surface area contributed by atoms with Gasteiger partial charge in [-0.3, -0.25) is 24.5 Å². The standard InChI is InChI=1S/C25H25Cl2N7O3S/c1-15(2)23(24(28)35)31-25(33-38(36,37)18-10-11-22(27)30-14-18)20-13-21(19-5-3-4-12-29-19)34(32-20)17-8-6-16(26)7-9-17/h3-12,14-15,21,23H,13H2,1-2H3,(H2,28,35)(H,31,33)/t21?,23-/m0/s1. The van der Waals surface area contributed by atoms with Gasteiger partial charge in [0.15, 0.2) is 5.84 Å². The molecule has 3 aromatic rings. The van der Waals surface area contributed by atoms with Crippen LogP contribution < -0.4 is 15.5 Å². The second-order valence-electron chi connectivity index (χ2n) is 8.83. The molecule has 1 amide bonds. The largest absolute Gasteiger partial charge is 0.368 e. The molecule has 0 bridgehead atoms. The Balaban J connectivity index is 1.81. The predicted molar refractivity (Wildman–Crippen MR) is 148 cm³/mol. The van der Waals surface area contributed by atoms with Crippen LogP contribution >= 0.6 is 23.2 Å². The van der Waals surface area contributed by atoms with Gasteiger partial charge in [-0.25, -0.2) is 13.4 Å². The number of nitrogens with two attached hydrogens (primary N) is 1. The first kappa shape index (κ1) is 27.5. The summed E-state index contributed by atoms with van der Waals surface area (Å²) in [6, 6.07) is 13.9. The van der Waals surface area contributed by atoms with Gasteiger partial charge in [0, 0.05) is 23.8 Å². The van der Waals surface area contributed by atoms with E-state index in [4.69, 9.17) is 34.0 Å². The Kier molecular flexibility index (Phi) is 8.29. The number of hydrogen-bond acceptors (Lipinski definition) is 8. The highest BCUT2D eigenvalue weighted by Crippen LogP contribution is 2.35. The first-order chi connectivity index (χ1) is 18.0. The number of amides is 1. The van der Waals surface area contributed by atoms with Gasteiger partial charge in [-0.1, -0.05) is 43.1 Å². The van der Waals surface area contributed by atoms with Crippen LogP contribution in [0.4, 0.5) is 5.69 Å². The number of aromatic nitrogens is 2. The minimum atomic E-state index is -4.17. The molecule has 0 fully saturated rings. The van der Waals surface area contributed by atoms with Gasteiger partial charge in [0.25, 0.3) is 10.0 Å². The minimum Gasteiger partial charge on any atom is -0.368 e. The SMILES string of the molecule is CC(C)[C@H](N=C(NS(=O)(=O)c1ccc(Cl)nc1)C1=NN(c2ccc(Cl)cc2)C(c2ccccn2)C1)C(N)=O. The smallest absolute Gasteiger partial charge is 0.264 e. The van der Waals surface area contributed by atoms with Crippen molar-refractivity contribution in [3.8, 4) is 0 Å². The Morgan fingerprint density at radius 1 is 1.11 bits per heavy atom. The van der Waals surface area contributed by atoms with Crippen LogP contribution in [0.15, 0.2) is 82.0 Å². The molecule has 38 heavy (non-hydrogen) atoms. The molecule has 0 saturated heterocycles. The van der Waals surface area contributed by atoms with Crippen LogP contribution in [0.3, 0.4) is 0 Å². The van der Waals surface area contributed by atoms with E-state index in [1.54, 1.807) is 55.4 Å². The summed E-state index contributed by atoms with van der Waals surface area (Å²) >= 11 is 11.9. The van der Waals surface area contributed by atoms with E-state index in [0.29, 0.717) is 22.1 Å². The van der Waals surface area contributed by atoms with Crippen molar-refractivity contribution >= 4 is 56.4 Å². The lowest BCUT2D eigenvalue weighted by Crippen LogP contribution is -2.40. The fraction of sp³-hybridized carbons (Fsp3) is 0.240. The molecule has 2 atom stereocenters. The summed E-state index contributed by atoms with van der Waals surface area (Å²) in [7, 11) is -4.17. The van der Waals surface area contributed by atoms with Gasteiger partial charge in [0.2, 0.25) is 5.91 Å². The zero-order valence-corrected chi connectivity index (χ0v) is 22.8. The highest BCUT2D eigenvalue weighted by molar-refractivity contribution is 7.90. The molecular formula is C25H25Cl2N7O3S. The lowest BCUT2D eigenvalue weighted by atomic mass is 10.0. The Morgan fingerprint density at radius 3 is 2.42 bits per heavy atom. The van der Waals surface area contributed by atoms with Crippen molar-refractivity contribution in [1.82, 2.24) is 14.7 Å². The molecule has 2 aromatic heterocycles. The number of amidine groups is 1. The maximum Gasteiger partial charge on any atom is 0.264 e. The van der Waals surface area contributed by atoms with Crippen LogP contribution in [0.25, 0.3) is 0 Å². The normalized spacial score (nSPS) is 16.9. The maximum absolute atomic E-state index is 13.3. The van der Waals surface area contributed by atoms with E-state index >= 15 is 0 Å². The molecule has 0 spiro atoms. The van der Waals surface area contributed by atoms with Crippen LogP contribution in [0.1, 0.15) is 32.0 Å². The topological polar surface area (TPSA) is 143 Å². The highest BCUT2D eigenvalue weighted by Gasteiger charge is 2.35. The molecule has 1 aliphatic heterocycles. The fourth-order valence-corrected chi connectivity index (χ4v) is 5.06. The molecular weight excluding hydrogens is 549 g/mol. The van der Waals surface area contributed by atoms with Crippen molar-refractivity contribution in [2.24, 2.45) is 21.7 Å². The summed E-state index contributed by atoms with van der Waals surface area (Å²) in [5, 5.41) is 7.15. The van der Waals surface area contributed by atoms with E-state index < -0.39 is 22.0 Å². The zero-order chi connectivity index (χ0) is 27.4. The summed E-state index contributed by atoms with van der Waals surface area (Å²) in [4.78, 5) is 24.9. The molecule has 1 aromatic carbocycles. The molecule has 1 aliphatic rings. The van der Waals surface area contributed by atoms with E-state index in [1.807, 2.05) is 12.1 Å². The van der Waals surface area contributed by atoms with Crippen LogP contribution in [-0.2, 0) is 14.8 Å². The first-order valence-corrected chi connectivity index (χ1v) is 13.8. The third-order valence-corrected chi connectivity index (χ3v) is 7.54. The van der Waals surface area contributed by atoms with E-state index in [2.05, 4.69) is 19.7 Å². The van der Waals surface area contributed by atoms with Crippen molar-refractivity contribution in [3.63, 3.8) is 0 Å². The van der Waals surface area contributed by atoms with Crippen molar-refractivity contribution in [1.29, 1.82) is 0 Å². The summed E-state index contributed by atoms with van der Waals surface area (Å²) in [5.41, 5.74) is 7.32. The van der Waals surface area contributed by atoms with Crippen molar-refractivity contribution < 1.29 is 13.2 Å². The Morgan fingerprint density at radius 2 is 1.84 bits per heavy atom. The van der Waals surface area contributed by atoms with Gasteiger partial charge < -0.3 is 5.73 Å². The van der Waals surface area contributed by atoms with Crippen LogP contribution in [0.5, 0.6) is 0 Å². The van der Waals surface area contributed by atoms with Gasteiger partial charge >= 0.3 is 0 Å². The van der Waals surface area contributed by atoms with Crippen LogP contribution in [0, 0.1) is 5.92 Å². The Labute approximate surface area is 230 Å². The lowest BCUT2D eigenvalue weighted by Gasteiger charge is -2.23. The summed E-state index contributed by atoms with van der Waals surface area (Å²) < 4.78 is 29.1.